The van der Waals surface area contributed by atoms with Crippen molar-refractivity contribution in [1.29, 1.82) is 5.26 Å². The Hall–Kier alpha value is -3.30. The van der Waals surface area contributed by atoms with Crippen molar-refractivity contribution in [3.63, 3.8) is 0 Å². The molecule has 0 bridgehead atoms. The first kappa shape index (κ1) is 21.9. The molecule has 4 rings (SSSR count). The zero-order valence-corrected chi connectivity index (χ0v) is 19.0. The van der Waals surface area contributed by atoms with Gasteiger partial charge >= 0.3 is 0 Å². The van der Waals surface area contributed by atoms with Gasteiger partial charge in [-0.2, -0.15) is 5.26 Å². The van der Waals surface area contributed by atoms with E-state index >= 15 is 0 Å². The van der Waals surface area contributed by atoms with Gasteiger partial charge in [0.25, 0.3) is 0 Å². The highest BCUT2D eigenvalue weighted by Gasteiger charge is 2.37. The molecule has 5 nitrogen and oxygen atoms in total. The molecule has 0 aromatic heterocycles. The molecule has 1 heterocycles. The molecular weight excluding hydrogens is 418 g/mol. The van der Waals surface area contributed by atoms with E-state index in [0.29, 0.717) is 22.6 Å². The molecule has 1 aliphatic carbocycles. The summed E-state index contributed by atoms with van der Waals surface area (Å²) in [4.78, 5) is 25.5. The van der Waals surface area contributed by atoms with Crippen LogP contribution in [0.15, 0.2) is 70.4 Å². The van der Waals surface area contributed by atoms with E-state index in [1.807, 2.05) is 62.4 Å². The van der Waals surface area contributed by atoms with E-state index in [9.17, 15) is 14.9 Å². The molecule has 2 N–H and O–H groups in total. The summed E-state index contributed by atoms with van der Waals surface area (Å²) in [6, 6.07) is 17.9. The molecule has 2 aliphatic rings. The number of aryl methyl sites for hydroxylation is 2. The van der Waals surface area contributed by atoms with Crippen molar-refractivity contribution < 1.29 is 9.59 Å². The summed E-state index contributed by atoms with van der Waals surface area (Å²) in [5, 5.41) is 17.0. The number of carbonyl (C=O) groups is 2. The van der Waals surface area contributed by atoms with Crippen molar-refractivity contribution in [3.05, 3.63) is 87.1 Å². The Morgan fingerprint density at radius 2 is 2.00 bits per heavy atom. The summed E-state index contributed by atoms with van der Waals surface area (Å²) in [7, 11) is 0. The summed E-state index contributed by atoms with van der Waals surface area (Å²) in [5.41, 5.74) is 5.92. The van der Waals surface area contributed by atoms with Crippen molar-refractivity contribution in [2.24, 2.45) is 0 Å². The monoisotopic (exact) mass is 443 g/mol. The van der Waals surface area contributed by atoms with Crippen LogP contribution in [0, 0.1) is 25.2 Å². The second-order valence-electron chi connectivity index (χ2n) is 8.14. The van der Waals surface area contributed by atoms with Crippen LogP contribution in [0.25, 0.3) is 0 Å². The van der Waals surface area contributed by atoms with Gasteiger partial charge < -0.3 is 10.6 Å². The number of ketones is 1. The highest BCUT2D eigenvalue weighted by atomic mass is 32.2. The van der Waals surface area contributed by atoms with E-state index in [2.05, 4.69) is 16.7 Å². The van der Waals surface area contributed by atoms with Gasteiger partial charge in [0, 0.05) is 23.4 Å². The minimum absolute atomic E-state index is 0.0981. The highest BCUT2D eigenvalue weighted by Crippen LogP contribution is 2.44. The number of Topliss-reactive ketones (excluding diaryl/α,β-unsaturated/α-hetero) is 1. The first-order chi connectivity index (χ1) is 15.5. The Labute approximate surface area is 192 Å². The average Bonchev–Trinajstić information content (AvgIpc) is 2.77. The average molecular weight is 444 g/mol. The maximum absolute atomic E-state index is 12.9. The number of hydrogen-bond donors (Lipinski definition) is 2. The first-order valence-electron chi connectivity index (χ1n) is 10.7. The van der Waals surface area contributed by atoms with Crippen LogP contribution < -0.4 is 10.6 Å². The molecular formula is C26H25N3O2S. The molecule has 1 atom stereocenters. The number of anilines is 1. The molecule has 0 spiro atoms. The molecule has 0 radical (unpaired) electrons. The second-order valence-corrected chi connectivity index (χ2v) is 9.13. The van der Waals surface area contributed by atoms with Crippen LogP contribution in [0.2, 0.25) is 0 Å². The predicted octanol–water partition coefficient (Wildman–Crippen LogP) is 5.10. The first-order valence-corrected chi connectivity index (χ1v) is 11.7. The highest BCUT2D eigenvalue weighted by molar-refractivity contribution is 8.03. The lowest BCUT2D eigenvalue weighted by Gasteiger charge is -2.33. The van der Waals surface area contributed by atoms with Gasteiger partial charge in [-0.3, -0.25) is 9.59 Å². The number of carbonyl (C=O) groups excluding carboxylic acids is 2. The van der Waals surface area contributed by atoms with Crippen LogP contribution in [0.5, 0.6) is 0 Å². The minimum atomic E-state index is -0.396. The number of rotatable bonds is 5. The lowest BCUT2D eigenvalue weighted by Crippen LogP contribution is -2.32. The number of allylic oxidation sites excluding steroid dienone is 3. The smallest absolute Gasteiger partial charge is 0.234 e. The Kier molecular flexibility index (Phi) is 6.48. The molecule has 2 aromatic carbocycles. The molecule has 0 unspecified atom stereocenters. The molecule has 162 valence electrons. The van der Waals surface area contributed by atoms with E-state index < -0.39 is 5.92 Å². The summed E-state index contributed by atoms with van der Waals surface area (Å²) in [6.45, 7) is 3.98. The Bertz CT molecular complexity index is 1190. The lowest BCUT2D eigenvalue weighted by atomic mass is 9.76. The number of dihydropyridines is 1. The zero-order chi connectivity index (χ0) is 22.7. The third-order valence-corrected chi connectivity index (χ3v) is 6.83. The van der Waals surface area contributed by atoms with Crippen LogP contribution in [-0.2, 0) is 9.59 Å². The van der Waals surface area contributed by atoms with Gasteiger partial charge in [0.2, 0.25) is 5.91 Å². The SMILES string of the molecule is Cc1cccc(NC(=O)CSC2=C(C#N)[C@@H](c3ccccc3C)C3=C(CCCC3=O)N2)c1. The van der Waals surface area contributed by atoms with Crippen molar-refractivity contribution in [2.45, 2.75) is 39.0 Å². The van der Waals surface area contributed by atoms with Crippen molar-refractivity contribution >= 4 is 29.1 Å². The fourth-order valence-electron chi connectivity index (χ4n) is 4.32. The van der Waals surface area contributed by atoms with Crippen molar-refractivity contribution in [3.8, 4) is 6.07 Å². The van der Waals surface area contributed by atoms with Crippen LogP contribution >= 0.6 is 11.8 Å². The molecule has 0 fully saturated rings. The fraction of sp³-hybridized carbons (Fsp3) is 0.269. The maximum Gasteiger partial charge on any atom is 0.234 e. The van der Waals surface area contributed by atoms with Crippen molar-refractivity contribution in [1.82, 2.24) is 5.32 Å². The number of nitriles is 1. The molecule has 6 heteroatoms. The lowest BCUT2D eigenvalue weighted by molar-refractivity contribution is -0.116. The topological polar surface area (TPSA) is 82.0 Å². The van der Waals surface area contributed by atoms with Gasteiger partial charge in [-0.25, -0.2) is 0 Å². The van der Waals surface area contributed by atoms with E-state index in [4.69, 9.17) is 0 Å². The van der Waals surface area contributed by atoms with Crippen LogP contribution in [0.1, 0.15) is 41.9 Å². The van der Waals surface area contributed by atoms with Crippen LogP contribution in [0.4, 0.5) is 5.69 Å². The summed E-state index contributed by atoms with van der Waals surface area (Å²) < 4.78 is 0. The van der Waals surface area contributed by atoms with Gasteiger partial charge in [-0.15, -0.1) is 0 Å². The Balaban J connectivity index is 1.63. The number of amides is 1. The number of nitrogens with one attached hydrogen (secondary N) is 2. The van der Waals surface area contributed by atoms with Gasteiger partial charge in [-0.1, -0.05) is 48.2 Å². The molecule has 0 saturated carbocycles. The van der Waals surface area contributed by atoms with Gasteiger partial charge in [0.05, 0.1) is 28.3 Å². The van der Waals surface area contributed by atoms with E-state index in [1.54, 1.807) is 0 Å². The number of benzene rings is 2. The predicted molar refractivity (Wildman–Crippen MR) is 128 cm³/mol. The summed E-state index contributed by atoms with van der Waals surface area (Å²) >= 11 is 1.31. The Morgan fingerprint density at radius 3 is 2.75 bits per heavy atom. The van der Waals surface area contributed by atoms with Crippen LogP contribution in [-0.4, -0.2) is 17.4 Å². The van der Waals surface area contributed by atoms with Gasteiger partial charge in [0.15, 0.2) is 5.78 Å². The quantitative estimate of drug-likeness (QED) is 0.671. The minimum Gasteiger partial charge on any atom is -0.352 e. The number of thioether (sulfide) groups is 1. The van der Waals surface area contributed by atoms with Crippen molar-refractivity contribution in [2.75, 3.05) is 11.1 Å². The number of nitrogens with zero attached hydrogens (tertiary/aromatic N) is 1. The molecule has 0 saturated heterocycles. The third-order valence-electron chi connectivity index (χ3n) is 5.81. The maximum atomic E-state index is 12.9. The van der Waals surface area contributed by atoms with Gasteiger partial charge in [-0.05, 0) is 55.5 Å². The molecule has 1 amide bonds. The number of hydrogen-bond acceptors (Lipinski definition) is 5. The molecule has 1 aliphatic heterocycles. The standard InChI is InChI=1S/C26H25N3O2S/c1-16-7-5-9-18(13-16)28-23(31)15-32-26-20(14-27)24(19-10-4-3-8-17(19)2)25-21(29-26)11-6-12-22(25)30/h3-5,7-10,13,24,29H,6,11-12,15H2,1-2H3,(H,28,31)/t24-/m1/s1. The van der Waals surface area contributed by atoms with E-state index in [-0.39, 0.29) is 17.4 Å². The molecule has 32 heavy (non-hydrogen) atoms. The normalized spacial score (nSPS) is 18.0. The Morgan fingerprint density at radius 1 is 1.19 bits per heavy atom. The van der Waals surface area contributed by atoms with Gasteiger partial charge in [0.1, 0.15) is 0 Å². The van der Waals surface area contributed by atoms with Crippen LogP contribution in [0.3, 0.4) is 0 Å². The zero-order valence-electron chi connectivity index (χ0n) is 18.2. The largest absolute Gasteiger partial charge is 0.352 e. The van der Waals surface area contributed by atoms with E-state index in [0.717, 1.165) is 40.9 Å². The molecule has 2 aromatic rings. The fourth-order valence-corrected chi connectivity index (χ4v) is 5.18. The summed E-state index contributed by atoms with van der Waals surface area (Å²) in [6.07, 6.45) is 2.06. The second kappa shape index (κ2) is 9.46. The third kappa shape index (κ3) is 4.49. The summed E-state index contributed by atoms with van der Waals surface area (Å²) in [5.74, 6) is -0.272. The van der Waals surface area contributed by atoms with E-state index in [1.165, 1.54) is 11.8 Å².